The smallest absolute Gasteiger partial charge is 0.325 e. The molecule has 0 radical (unpaired) electrons. The molecule has 3 amide bonds. The highest BCUT2D eigenvalue weighted by Crippen LogP contribution is 2.29. The molecule has 7 nitrogen and oxygen atoms in total. The minimum atomic E-state index is -0.892. The zero-order valence-electron chi connectivity index (χ0n) is 14.2. The van der Waals surface area contributed by atoms with Crippen LogP contribution in [0, 0.1) is 5.92 Å². The monoisotopic (exact) mass is 406 g/mol. The van der Waals surface area contributed by atoms with Gasteiger partial charge in [-0.05, 0) is 47.3 Å². The lowest BCUT2D eigenvalue weighted by Gasteiger charge is -2.23. The Hall–Kier alpha value is -2.22. The van der Waals surface area contributed by atoms with Gasteiger partial charge in [-0.15, -0.1) is 10.2 Å². The number of imide groups is 1. The Kier molecular flexibility index (Phi) is 4.64. The van der Waals surface area contributed by atoms with Crippen LogP contribution in [-0.4, -0.2) is 32.6 Å². The van der Waals surface area contributed by atoms with Crippen molar-refractivity contribution in [3.63, 3.8) is 0 Å². The maximum Gasteiger partial charge on any atom is 0.325 e. The number of rotatable bonds is 5. The Balaban J connectivity index is 1.78. The first-order valence-electron chi connectivity index (χ1n) is 8.01. The minimum Gasteiger partial charge on any atom is -0.419 e. The lowest BCUT2D eigenvalue weighted by Crippen LogP contribution is -2.44. The van der Waals surface area contributed by atoms with Crippen LogP contribution < -0.4 is 5.32 Å². The summed E-state index contributed by atoms with van der Waals surface area (Å²) in [5.74, 6) is 0.550. The Labute approximate surface area is 153 Å². The van der Waals surface area contributed by atoms with Gasteiger partial charge < -0.3 is 9.73 Å². The van der Waals surface area contributed by atoms with Crippen molar-refractivity contribution >= 4 is 27.9 Å². The molecule has 1 aromatic heterocycles. The van der Waals surface area contributed by atoms with Crippen LogP contribution in [0.15, 0.2) is 33.2 Å². The standard InChI is InChI=1S/C17H19BrN4O3/c1-10(2)8-17(3)15(23)22(16(24)19-17)9-13-20-21-14(25-13)11-6-4-5-7-12(11)18/h4-7,10H,8-9H2,1-3H3,(H,19,24)/t17-/m0/s1. The third-order valence-electron chi connectivity index (χ3n) is 4.03. The number of carbonyl (C=O) groups excluding carboxylic acids is 2. The fourth-order valence-electron chi connectivity index (χ4n) is 3.04. The van der Waals surface area contributed by atoms with Crippen molar-refractivity contribution < 1.29 is 14.0 Å². The van der Waals surface area contributed by atoms with E-state index < -0.39 is 11.6 Å². The van der Waals surface area contributed by atoms with Gasteiger partial charge in [0.1, 0.15) is 12.1 Å². The Morgan fingerprint density at radius 2 is 2.00 bits per heavy atom. The second kappa shape index (κ2) is 6.59. The number of hydrogen-bond acceptors (Lipinski definition) is 5. The van der Waals surface area contributed by atoms with Gasteiger partial charge in [-0.2, -0.15) is 0 Å². The van der Waals surface area contributed by atoms with Crippen LogP contribution in [0.2, 0.25) is 0 Å². The summed E-state index contributed by atoms with van der Waals surface area (Å²) in [6.07, 6.45) is 0.570. The molecule has 3 rings (SSSR count). The predicted molar refractivity (Wildman–Crippen MR) is 94.4 cm³/mol. The molecule has 132 valence electrons. The third kappa shape index (κ3) is 3.44. The van der Waals surface area contributed by atoms with Crippen LogP contribution in [0.5, 0.6) is 0 Å². The summed E-state index contributed by atoms with van der Waals surface area (Å²) in [6, 6.07) is 7.02. The first-order chi connectivity index (χ1) is 11.8. The molecule has 1 aliphatic rings. The van der Waals surface area contributed by atoms with Crippen molar-refractivity contribution in [1.29, 1.82) is 0 Å². The van der Waals surface area contributed by atoms with Crippen molar-refractivity contribution in [2.45, 2.75) is 39.3 Å². The van der Waals surface area contributed by atoms with Crippen LogP contribution in [0.25, 0.3) is 11.5 Å². The summed E-state index contributed by atoms with van der Waals surface area (Å²) >= 11 is 3.43. The van der Waals surface area contributed by atoms with Gasteiger partial charge in [0.2, 0.25) is 11.8 Å². The van der Waals surface area contributed by atoms with E-state index in [-0.39, 0.29) is 24.3 Å². The molecule has 1 saturated heterocycles. The zero-order chi connectivity index (χ0) is 18.2. The number of aromatic nitrogens is 2. The molecule has 2 heterocycles. The maximum atomic E-state index is 12.7. The van der Waals surface area contributed by atoms with E-state index in [1.807, 2.05) is 38.1 Å². The number of nitrogens with one attached hydrogen (secondary N) is 1. The topological polar surface area (TPSA) is 88.3 Å². The molecule has 0 saturated carbocycles. The van der Waals surface area contributed by atoms with Crippen molar-refractivity contribution in [3.05, 3.63) is 34.6 Å². The van der Waals surface area contributed by atoms with Crippen molar-refractivity contribution in [1.82, 2.24) is 20.4 Å². The van der Waals surface area contributed by atoms with E-state index in [0.717, 1.165) is 14.9 Å². The van der Waals surface area contributed by atoms with E-state index in [1.165, 1.54) is 0 Å². The average Bonchev–Trinajstić information content (AvgIpc) is 3.06. The second-order valence-corrected chi connectivity index (χ2v) is 7.59. The summed E-state index contributed by atoms with van der Waals surface area (Å²) < 4.78 is 6.46. The molecule has 1 N–H and O–H groups in total. The number of carbonyl (C=O) groups is 2. The highest BCUT2D eigenvalue weighted by atomic mass is 79.9. The van der Waals surface area contributed by atoms with Gasteiger partial charge in [0.25, 0.3) is 5.91 Å². The fourth-order valence-corrected chi connectivity index (χ4v) is 3.50. The highest BCUT2D eigenvalue weighted by molar-refractivity contribution is 9.10. The van der Waals surface area contributed by atoms with Crippen LogP contribution in [0.1, 0.15) is 33.1 Å². The van der Waals surface area contributed by atoms with Crippen LogP contribution in [0.3, 0.4) is 0 Å². The van der Waals surface area contributed by atoms with E-state index in [2.05, 4.69) is 31.4 Å². The van der Waals surface area contributed by atoms with Gasteiger partial charge in [0.15, 0.2) is 0 Å². The number of urea groups is 1. The quantitative estimate of drug-likeness (QED) is 0.768. The first kappa shape index (κ1) is 17.6. The minimum absolute atomic E-state index is 0.0458. The molecule has 8 heteroatoms. The molecule has 2 aromatic rings. The van der Waals surface area contributed by atoms with Crippen LogP contribution >= 0.6 is 15.9 Å². The van der Waals surface area contributed by atoms with Gasteiger partial charge in [-0.25, -0.2) is 4.79 Å². The number of nitrogens with zero attached hydrogens (tertiary/aromatic N) is 3. The van der Waals surface area contributed by atoms with Gasteiger partial charge in [0.05, 0.1) is 5.56 Å². The van der Waals surface area contributed by atoms with Gasteiger partial charge in [0, 0.05) is 4.47 Å². The molecule has 0 aliphatic carbocycles. The van der Waals surface area contributed by atoms with E-state index in [4.69, 9.17) is 4.42 Å². The van der Waals surface area contributed by atoms with E-state index in [9.17, 15) is 9.59 Å². The number of benzene rings is 1. The first-order valence-corrected chi connectivity index (χ1v) is 8.81. The third-order valence-corrected chi connectivity index (χ3v) is 4.72. The fraction of sp³-hybridized carbons (Fsp3) is 0.412. The lowest BCUT2D eigenvalue weighted by atomic mass is 9.91. The normalized spacial score (nSPS) is 20.4. The average molecular weight is 407 g/mol. The summed E-state index contributed by atoms with van der Waals surface area (Å²) in [4.78, 5) is 26.0. The number of amides is 3. The summed E-state index contributed by atoms with van der Waals surface area (Å²) in [6.45, 7) is 5.72. The van der Waals surface area contributed by atoms with Crippen molar-refractivity contribution in [3.8, 4) is 11.5 Å². The molecule has 0 unspecified atom stereocenters. The SMILES string of the molecule is CC(C)C[C@]1(C)NC(=O)N(Cc2nnc(-c3ccccc3Br)o2)C1=O. The van der Waals surface area contributed by atoms with Gasteiger partial charge in [-0.1, -0.05) is 26.0 Å². The molecular formula is C17H19BrN4O3. The van der Waals surface area contributed by atoms with E-state index >= 15 is 0 Å². The molecule has 0 spiro atoms. The Bertz CT molecular complexity index is 820. The van der Waals surface area contributed by atoms with Crippen LogP contribution in [-0.2, 0) is 11.3 Å². The largest absolute Gasteiger partial charge is 0.419 e. The molecule has 1 aromatic carbocycles. The number of hydrogen-bond donors (Lipinski definition) is 1. The predicted octanol–water partition coefficient (Wildman–Crippen LogP) is 3.36. The molecule has 0 bridgehead atoms. The maximum absolute atomic E-state index is 12.7. The van der Waals surface area contributed by atoms with Gasteiger partial charge in [-0.3, -0.25) is 9.69 Å². The van der Waals surface area contributed by atoms with E-state index in [0.29, 0.717) is 12.3 Å². The molecule has 1 fully saturated rings. The van der Waals surface area contributed by atoms with Crippen molar-refractivity contribution in [2.24, 2.45) is 5.92 Å². The van der Waals surface area contributed by atoms with Crippen molar-refractivity contribution in [2.75, 3.05) is 0 Å². The molecule has 1 aliphatic heterocycles. The van der Waals surface area contributed by atoms with E-state index in [1.54, 1.807) is 6.92 Å². The lowest BCUT2D eigenvalue weighted by molar-refractivity contribution is -0.131. The van der Waals surface area contributed by atoms with Crippen LogP contribution in [0.4, 0.5) is 4.79 Å². The molecule has 1 atom stereocenters. The van der Waals surface area contributed by atoms with Gasteiger partial charge >= 0.3 is 6.03 Å². The highest BCUT2D eigenvalue weighted by Gasteiger charge is 2.48. The Morgan fingerprint density at radius 1 is 1.28 bits per heavy atom. The summed E-state index contributed by atoms with van der Waals surface area (Å²) in [7, 11) is 0. The second-order valence-electron chi connectivity index (χ2n) is 6.73. The Morgan fingerprint density at radius 3 is 2.68 bits per heavy atom. The number of halogens is 1. The molecular weight excluding hydrogens is 388 g/mol. The molecule has 25 heavy (non-hydrogen) atoms. The summed E-state index contributed by atoms with van der Waals surface area (Å²) in [5, 5.41) is 10.7. The summed E-state index contributed by atoms with van der Waals surface area (Å²) in [5.41, 5.74) is -0.139. The zero-order valence-corrected chi connectivity index (χ0v) is 15.8.